The third-order valence-electron chi connectivity index (χ3n) is 3.95. The minimum Gasteiger partial charge on any atom is -0.357 e. The Kier molecular flexibility index (Phi) is 4.22. The van der Waals surface area contributed by atoms with Gasteiger partial charge in [-0.2, -0.15) is 0 Å². The molecule has 2 saturated heterocycles. The van der Waals surface area contributed by atoms with Crippen molar-refractivity contribution in [3.63, 3.8) is 0 Å². The highest BCUT2D eigenvalue weighted by atomic mass is 15.2. The van der Waals surface area contributed by atoms with E-state index < -0.39 is 0 Å². The molecule has 0 spiro atoms. The van der Waals surface area contributed by atoms with Crippen LogP contribution in [0.3, 0.4) is 0 Å². The van der Waals surface area contributed by atoms with Gasteiger partial charge in [-0.15, -0.1) is 0 Å². The molecule has 0 unspecified atom stereocenters. The van der Waals surface area contributed by atoms with Crippen LogP contribution in [0.4, 0.5) is 0 Å². The van der Waals surface area contributed by atoms with Crippen LogP contribution in [0.25, 0.3) is 0 Å². The smallest absolute Gasteiger partial charge is 0.0960 e. The summed E-state index contributed by atoms with van der Waals surface area (Å²) in [7, 11) is 0. The molecule has 0 saturated carbocycles. The third-order valence-corrected chi connectivity index (χ3v) is 3.95. The molecule has 0 radical (unpaired) electrons. The normalized spacial score (nSPS) is 25.1. The summed E-state index contributed by atoms with van der Waals surface area (Å²) < 4.78 is 0. The molecule has 2 rings (SSSR count). The van der Waals surface area contributed by atoms with Gasteiger partial charge in [0.05, 0.1) is 5.84 Å². The van der Waals surface area contributed by atoms with Crippen molar-refractivity contribution in [3.05, 3.63) is 0 Å². The number of piperidine rings is 2. The van der Waals surface area contributed by atoms with Crippen LogP contribution in [0.15, 0.2) is 0 Å². The number of rotatable bonds is 3. The van der Waals surface area contributed by atoms with Gasteiger partial charge in [-0.1, -0.05) is 6.92 Å². The van der Waals surface area contributed by atoms with Gasteiger partial charge in [0.2, 0.25) is 0 Å². The van der Waals surface area contributed by atoms with E-state index in [1.807, 2.05) is 0 Å². The Morgan fingerprint density at radius 3 is 2.56 bits per heavy atom. The van der Waals surface area contributed by atoms with Gasteiger partial charge in [0, 0.05) is 32.1 Å². The largest absolute Gasteiger partial charge is 0.357 e. The van der Waals surface area contributed by atoms with Gasteiger partial charge in [0.15, 0.2) is 0 Å². The zero-order chi connectivity index (χ0) is 11.4. The molecule has 2 aliphatic heterocycles. The standard InChI is InChI=1S/C13H25N3/c1-2-8-15-10-6-12(7-11-15)16-9-4-3-5-13(16)14/h12,14H,2-11H2,1H3. The first kappa shape index (κ1) is 11.9. The second kappa shape index (κ2) is 5.67. The molecular weight excluding hydrogens is 198 g/mol. The van der Waals surface area contributed by atoms with Crippen LogP contribution >= 0.6 is 0 Å². The molecule has 92 valence electrons. The molecule has 0 aliphatic carbocycles. The molecule has 2 heterocycles. The fourth-order valence-electron chi connectivity index (χ4n) is 3.03. The minimum absolute atomic E-state index is 0.668. The van der Waals surface area contributed by atoms with Gasteiger partial charge < -0.3 is 9.80 Å². The molecule has 0 aromatic heterocycles. The second-order valence-electron chi connectivity index (χ2n) is 5.17. The van der Waals surface area contributed by atoms with Gasteiger partial charge in [0.25, 0.3) is 0 Å². The Bertz CT molecular complexity index is 231. The first-order valence-electron chi connectivity index (χ1n) is 6.87. The van der Waals surface area contributed by atoms with Crippen LogP contribution in [0.5, 0.6) is 0 Å². The SMILES string of the molecule is CCCN1CCC(N2CCCCC2=N)CC1. The van der Waals surface area contributed by atoms with Crippen LogP contribution in [0, 0.1) is 5.41 Å². The second-order valence-corrected chi connectivity index (χ2v) is 5.17. The molecule has 1 N–H and O–H groups in total. The zero-order valence-corrected chi connectivity index (χ0v) is 10.5. The number of likely N-dealkylation sites (tertiary alicyclic amines) is 2. The minimum atomic E-state index is 0.668. The van der Waals surface area contributed by atoms with Gasteiger partial charge >= 0.3 is 0 Å². The van der Waals surface area contributed by atoms with Crippen molar-refractivity contribution < 1.29 is 0 Å². The third kappa shape index (κ3) is 2.76. The van der Waals surface area contributed by atoms with E-state index in [9.17, 15) is 0 Å². The highest BCUT2D eigenvalue weighted by molar-refractivity contribution is 5.80. The van der Waals surface area contributed by atoms with Gasteiger partial charge in [-0.3, -0.25) is 5.41 Å². The van der Waals surface area contributed by atoms with E-state index in [-0.39, 0.29) is 0 Å². The molecule has 0 amide bonds. The lowest BCUT2D eigenvalue weighted by Crippen LogP contribution is -2.48. The Balaban J connectivity index is 1.81. The molecule has 0 aromatic rings. The number of nitrogens with zero attached hydrogens (tertiary/aromatic N) is 2. The van der Waals surface area contributed by atoms with Crippen LogP contribution in [0.2, 0.25) is 0 Å². The molecule has 2 fully saturated rings. The van der Waals surface area contributed by atoms with Crippen molar-refractivity contribution >= 4 is 5.84 Å². The molecule has 0 aromatic carbocycles. The van der Waals surface area contributed by atoms with Crippen molar-refractivity contribution in [2.75, 3.05) is 26.2 Å². The maximum atomic E-state index is 8.03. The Hall–Kier alpha value is -0.570. The summed E-state index contributed by atoms with van der Waals surface area (Å²) in [6, 6.07) is 0.668. The van der Waals surface area contributed by atoms with E-state index in [0.717, 1.165) is 18.8 Å². The summed E-state index contributed by atoms with van der Waals surface area (Å²) >= 11 is 0. The van der Waals surface area contributed by atoms with E-state index >= 15 is 0 Å². The summed E-state index contributed by atoms with van der Waals surface area (Å²) in [6.07, 6.45) is 7.33. The summed E-state index contributed by atoms with van der Waals surface area (Å²) in [5.74, 6) is 0.903. The number of hydrogen-bond donors (Lipinski definition) is 1. The lowest BCUT2D eigenvalue weighted by atomic mass is 9.99. The molecular formula is C13H25N3. The van der Waals surface area contributed by atoms with E-state index in [2.05, 4.69) is 16.7 Å². The van der Waals surface area contributed by atoms with E-state index in [1.165, 1.54) is 51.7 Å². The quantitative estimate of drug-likeness (QED) is 0.796. The maximum absolute atomic E-state index is 8.03. The molecule has 2 aliphatic rings. The highest BCUT2D eigenvalue weighted by Gasteiger charge is 2.27. The number of nitrogens with one attached hydrogen (secondary N) is 1. The fourth-order valence-corrected chi connectivity index (χ4v) is 3.03. The summed E-state index contributed by atoms with van der Waals surface area (Å²) in [5, 5.41) is 8.03. The van der Waals surface area contributed by atoms with Gasteiger partial charge in [-0.05, 0) is 38.6 Å². The molecule has 3 nitrogen and oxygen atoms in total. The highest BCUT2D eigenvalue weighted by Crippen LogP contribution is 2.21. The van der Waals surface area contributed by atoms with Crippen LogP contribution < -0.4 is 0 Å². The van der Waals surface area contributed by atoms with E-state index in [0.29, 0.717) is 6.04 Å². The predicted molar refractivity (Wildman–Crippen MR) is 68.0 cm³/mol. The first-order chi connectivity index (χ1) is 7.81. The fraction of sp³-hybridized carbons (Fsp3) is 0.923. The van der Waals surface area contributed by atoms with Crippen LogP contribution in [0.1, 0.15) is 45.4 Å². The topological polar surface area (TPSA) is 30.3 Å². The van der Waals surface area contributed by atoms with Crippen molar-refractivity contribution in [2.24, 2.45) is 0 Å². The maximum Gasteiger partial charge on any atom is 0.0960 e. The lowest BCUT2D eigenvalue weighted by molar-refractivity contribution is 0.146. The zero-order valence-electron chi connectivity index (χ0n) is 10.5. The van der Waals surface area contributed by atoms with Crippen molar-refractivity contribution in [3.8, 4) is 0 Å². The Labute approximate surface area is 99.3 Å². The Morgan fingerprint density at radius 1 is 1.19 bits per heavy atom. The van der Waals surface area contributed by atoms with E-state index in [4.69, 9.17) is 5.41 Å². The first-order valence-corrected chi connectivity index (χ1v) is 6.87. The summed E-state index contributed by atoms with van der Waals surface area (Å²) in [4.78, 5) is 4.96. The van der Waals surface area contributed by atoms with E-state index in [1.54, 1.807) is 0 Å². The molecule has 0 bridgehead atoms. The van der Waals surface area contributed by atoms with Crippen molar-refractivity contribution in [2.45, 2.75) is 51.5 Å². The monoisotopic (exact) mass is 223 g/mol. The van der Waals surface area contributed by atoms with Crippen molar-refractivity contribution in [1.82, 2.24) is 9.80 Å². The number of hydrogen-bond acceptors (Lipinski definition) is 2. The number of amidine groups is 1. The van der Waals surface area contributed by atoms with Gasteiger partial charge in [0.1, 0.15) is 0 Å². The van der Waals surface area contributed by atoms with Crippen molar-refractivity contribution in [1.29, 1.82) is 5.41 Å². The lowest BCUT2D eigenvalue weighted by Gasteiger charge is -2.41. The average Bonchev–Trinajstić information content (AvgIpc) is 2.31. The summed E-state index contributed by atoms with van der Waals surface area (Å²) in [6.45, 7) is 7.12. The molecule has 0 atom stereocenters. The van der Waals surface area contributed by atoms with Crippen LogP contribution in [-0.2, 0) is 0 Å². The summed E-state index contributed by atoms with van der Waals surface area (Å²) in [5.41, 5.74) is 0. The molecule has 16 heavy (non-hydrogen) atoms. The average molecular weight is 223 g/mol. The Morgan fingerprint density at radius 2 is 1.94 bits per heavy atom. The predicted octanol–water partition coefficient (Wildman–Crippen LogP) is 2.32. The van der Waals surface area contributed by atoms with Gasteiger partial charge in [-0.25, -0.2) is 0 Å². The van der Waals surface area contributed by atoms with Crippen LogP contribution in [-0.4, -0.2) is 47.9 Å². The molecule has 3 heteroatoms.